The lowest BCUT2D eigenvalue weighted by atomic mass is 9.77. The van der Waals surface area contributed by atoms with E-state index >= 15 is 0 Å². The van der Waals surface area contributed by atoms with Crippen LogP contribution in [0.15, 0.2) is 243 Å². The SMILES string of the molecule is O=C(Cc1cn[nH]c1)c1nn(C(c2ccccc2)(c2ccccc2)c2ccccc2)c2ccccc12.O=C(O)c1nn(C(c2ccccc2)(c2ccccc2)c2ccccc2)c2ccccc12. The zero-order valence-corrected chi connectivity index (χ0v) is 36.3. The summed E-state index contributed by atoms with van der Waals surface area (Å²) in [4.78, 5) is 25.6. The Labute approximate surface area is 387 Å². The number of aromatic amines is 1. The van der Waals surface area contributed by atoms with Crippen molar-refractivity contribution in [3.05, 3.63) is 293 Å². The van der Waals surface area contributed by atoms with Gasteiger partial charge in [0.2, 0.25) is 0 Å². The zero-order chi connectivity index (χ0) is 45.6. The zero-order valence-electron chi connectivity index (χ0n) is 36.3. The molecule has 0 bridgehead atoms. The molecule has 0 saturated heterocycles. The number of carbonyl (C=O) groups excluding carboxylic acids is 1. The molecule has 2 N–H and O–H groups in total. The second-order valence-electron chi connectivity index (χ2n) is 16.2. The van der Waals surface area contributed by atoms with Crippen molar-refractivity contribution in [1.29, 1.82) is 0 Å². The number of fused-ring (bicyclic) bond motifs is 2. The Hall–Kier alpha value is -8.95. The van der Waals surface area contributed by atoms with Crippen LogP contribution in [-0.4, -0.2) is 46.6 Å². The maximum absolute atomic E-state index is 13.6. The number of rotatable bonds is 12. The second kappa shape index (κ2) is 18.3. The maximum atomic E-state index is 13.6. The molecule has 9 nitrogen and oxygen atoms in total. The summed E-state index contributed by atoms with van der Waals surface area (Å²) in [6.45, 7) is 0. The summed E-state index contributed by atoms with van der Waals surface area (Å²) < 4.78 is 3.90. The fourth-order valence-electron chi connectivity index (χ4n) is 9.46. The molecule has 324 valence electrons. The van der Waals surface area contributed by atoms with Crippen LogP contribution in [0.4, 0.5) is 0 Å². The first-order valence-corrected chi connectivity index (χ1v) is 22.0. The van der Waals surface area contributed by atoms with E-state index in [0.717, 1.165) is 55.4 Å². The third-order valence-corrected chi connectivity index (χ3v) is 12.3. The predicted molar refractivity (Wildman–Crippen MR) is 262 cm³/mol. The number of H-pyrrole nitrogens is 1. The fraction of sp³-hybridized carbons (Fsp3) is 0.0517. The van der Waals surface area contributed by atoms with E-state index in [4.69, 9.17) is 10.2 Å². The Morgan fingerprint density at radius 2 is 0.746 bits per heavy atom. The Kier molecular flexibility index (Phi) is 11.5. The quantitative estimate of drug-likeness (QED) is 0.0932. The van der Waals surface area contributed by atoms with Crippen molar-refractivity contribution in [2.75, 3.05) is 0 Å². The third-order valence-electron chi connectivity index (χ3n) is 12.3. The molecular weight excluding hydrogens is 829 g/mol. The summed E-state index contributed by atoms with van der Waals surface area (Å²) in [6, 6.07) is 76.9. The van der Waals surface area contributed by atoms with E-state index < -0.39 is 17.0 Å². The van der Waals surface area contributed by atoms with E-state index in [1.807, 2.05) is 167 Å². The van der Waals surface area contributed by atoms with Gasteiger partial charge in [-0.15, -0.1) is 0 Å². The number of carboxylic acids is 1. The number of Topliss-reactive ketones (excluding diaryl/α,β-unsaturated/α-hetero) is 1. The van der Waals surface area contributed by atoms with Crippen LogP contribution < -0.4 is 0 Å². The molecule has 0 spiro atoms. The summed E-state index contributed by atoms with van der Waals surface area (Å²) in [7, 11) is 0. The number of benzene rings is 8. The molecule has 0 unspecified atom stereocenters. The molecule has 9 heteroatoms. The van der Waals surface area contributed by atoms with Gasteiger partial charge in [-0.2, -0.15) is 15.3 Å². The van der Waals surface area contributed by atoms with E-state index in [2.05, 4.69) is 83.0 Å². The van der Waals surface area contributed by atoms with Crippen molar-refractivity contribution in [3.63, 3.8) is 0 Å². The molecule has 3 heterocycles. The van der Waals surface area contributed by atoms with Crippen molar-refractivity contribution in [2.45, 2.75) is 17.5 Å². The first kappa shape index (κ1) is 42.0. The van der Waals surface area contributed by atoms with Gasteiger partial charge in [0.15, 0.2) is 11.5 Å². The minimum atomic E-state index is -1.04. The molecule has 11 aromatic rings. The van der Waals surface area contributed by atoms with Crippen LogP contribution in [-0.2, 0) is 17.5 Å². The Balaban J connectivity index is 0.000000159. The number of carbonyl (C=O) groups is 2. The molecule has 0 aliphatic heterocycles. The number of hydrogen-bond acceptors (Lipinski definition) is 5. The highest BCUT2D eigenvalue weighted by atomic mass is 16.4. The number of para-hydroxylation sites is 2. The minimum absolute atomic E-state index is 0.0442. The highest BCUT2D eigenvalue weighted by Gasteiger charge is 2.43. The van der Waals surface area contributed by atoms with Crippen LogP contribution in [0, 0.1) is 0 Å². The van der Waals surface area contributed by atoms with E-state index in [1.54, 1.807) is 12.4 Å². The summed E-state index contributed by atoms with van der Waals surface area (Å²) in [5.41, 5.74) is 7.52. The summed E-state index contributed by atoms with van der Waals surface area (Å²) >= 11 is 0. The Bertz CT molecular complexity index is 3220. The Morgan fingerprint density at radius 3 is 1.07 bits per heavy atom. The number of nitrogens with zero attached hydrogens (tertiary/aromatic N) is 5. The monoisotopic (exact) mass is 872 g/mol. The van der Waals surface area contributed by atoms with Gasteiger partial charge in [-0.1, -0.05) is 218 Å². The molecule has 67 heavy (non-hydrogen) atoms. The molecule has 0 aliphatic carbocycles. The predicted octanol–water partition coefficient (Wildman–Crippen LogP) is 11.6. The molecule has 0 aliphatic rings. The maximum Gasteiger partial charge on any atom is 0.357 e. The van der Waals surface area contributed by atoms with Crippen LogP contribution in [0.25, 0.3) is 21.8 Å². The molecule has 0 saturated carbocycles. The fourth-order valence-corrected chi connectivity index (χ4v) is 9.46. The minimum Gasteiger partial charge on any atom is -0.476 e. The van der Waals surface area contributed by atoms with Gasteiger partial charge >= 0.3 is 5.97 Å². The first-order chi connectivity index (χ1) is 33.0. The largest absolute Gasteiger partial charge is 0.476 e. The Morgan fingerprint density at radius 1 is 0.433 bits per heavy atom. The molecular formula is C58H44N6O3. The number of carboxylic acid groups (broad SMARTS) is 1. The summed E-state index contributed by atoms with van der Waals surface area (Å²) in [6.07, 6.45) is 3.66. The van der Waals surface area contributed by atoms with Crippen LogP contribution in [0.2, 0.25) is 0 Å². The molecule has 0 radical (unpaired) electrons. The van der Waals surface area contributed by atoms with Gasteiger partial charge in [0.05, 0.1) is 17.2 Å². The van der Waals surface area contributed by atoms with Crippen LogP contribution >= 0.6 is 0 Å². The van der Waals surface area contributed by atoms with Gasteiger partial charge in [-0.05, 0) is 51.1 Å². The molecule has 0 amide bonds. The average molecular weight is 873 g/mol. The lowest BCUT2D eigenvalue weighted by molar-refractivity contribution is 0.0690. The van der Waals surface area contributed by atoms with Crippen LogP contribution in [0.3, 0.4) is 0 Å². The van der Waals surface area contributed by atoms with Crippen molar-refractivity contribution in [2.24, 2.45) is 0 Å². The van der Waals surface area contributed by atoms with E-state index in [-0.39, 0.29) is 17.9 Å². The average Bonchev–Trinajstić information content (AvgIpc) is 4.16. The van der Waals surface area contributed by atoms with Crippen LogP contribution in [0.5, 0.6) is 0 Å². The second-order valence-corrected chi connectivity index (χ2v) is 16.2. The van der Waals surface area contributed by atoms with Crippen molar-refractivity contribution < 1.29 is 14.7 Å². The third kappa shape index (κ3) is 7.48. The van der Waals surface area contributed by atoms with Gasteiger partial charge in [0, 0.05) is 23.4 Å². The van der Waals surface area contributed by atoms with Gasteiger partial charge in [-0.25, -0.2) is 14.2 Å². The lowest BCUT2D eigenvalue weighted by Crippen LogP contribution is -2.38. The number of nitrogens with one attached hydrogen (secondary N) is 1. The van der Waals surface area contributed by atoms with Gasteiger partial charge < -0.3 is 5.11 Å². The number of aromatic nitrogens is 6. The molecule has 8 aromatic carbocycles. The topological polar surface area (TPSA) is 119 Å². The van der Waals surface area contributed by atoms with E-state index in [0.29, 0.717) is 11.1 Å². The van der Waals surface area contributed by atoms with Crippen LogP contribution in [0.1, 0.15) is 59.9 Å². The number of ketones is 1. The van der Waals surface area contributed by atoms with Crippen molar-refractivity contribution in [3.8, 4) is 0 Å². The highest BCUT2D eigenvalue weighted by molar-refractivity contribution is 6.07. The normalized spacial score (nSPS) is 11.5. The lowest BCUT2D eigenvalue weighted by Gasteiger charge is -2.37. The molecule has 3 aromatic heterocycles. The first-order valence-electron chi connectivity index (χ1n) is 22.0. The molecule has 0 fully saturated rings. The van der Waals surface area contributed by atoms with Gasteiger partial charge in [-0.3, -0.25) is 9.89 Å². The van der Waals surface area contributed by atoms with E-state index in [1.165, 1.54) is 0 Å². The van der Waals surface area contributed by atoms with Crippen molar-refractivity contribution in [1.82, 2.24) is 29.8 Å². The van der Waals surface area contributed by atoms with Gasteiger partial charge in [0.1, 0.15) is 16.8 Å². The summed E-state index contributed by atoms with van der Waals surface area (Å²) in [5.74, 6) is -1.09. The standard InChI is InChI=1S/C31H24N4O.C27H20N2O2/c36-29(20-23-21-32-33-22-23)30-27-18-10-11-19-28(27)35(34-30)31(24-12-4-1-5-13-24,25-14-6-2-7-15-25)26-16-8-3-9-17-26;30-26(31)25-23-18-10-11-19-24(23)29(28-25)27(20-12-4-1-5-13-20,21-14-6-2-7-15-21)22-16-8-3-9-17-22/h1-19,21-22H,20H2,(H,32,33);1-19H,(H,30,31). The smallest absolute Gasteiger partial charge is 0.357 e. The van der Waals surface area contributed by atoms with Crippen molar-refractivity contribution >= 4 is 33.6 Å². The molecule has 11 rings (SSSR count). The van der Waals surface area contributed by atoms with Gasteiger partial charge in [0.25, 0.3) is 0 Å². The number of hydrogen-bond donors (Lipinski definition) is 2. The molecule has 0 atom stereocenters. The summed E-state index contributed by atoms with van der Waals surface area (Å²) in [5, 5.41) is 27.9. The highest BCUT2D eigenvalue weighted by Crippen LogP contribution is 2.44. The number of aromatic carboxylic acids is 1. The van der Waals surface area contributed by atoms with E-state index in [9.17, 15) is 14.7 Å².